The monoisotopic (exact) mass is 363 g/mol. The van der Waals surface area contributed by atoms with Crippen molar-refractivity contribution in [3.63, 3.8) is 0 Å². The quantitative estimate of drug-likeness (QED) is 0.479. The van der Waals surface area contributed by atoms with Crippen LogP contribution in [-0.2, 0) is 10.8 Å². The Bertz CT molecular complexity index is 803. The Hall–Kier alpha value is -2.07. The van der Waals surface area contributed by atoms with Crippen LogP contribution in [0, 0.1) is 45.9 Å². The highest BCUT2D eigenvalue weighted by Gasteiger charge is 2.19. The van der Waals surface area contributed by atoms with Gasteiger partial charge in [-0.1, -0.05) is 59.2 Å². The molecule has 0 aliphatic heterocycles. The fourth-order valence-corrected chi connectivity index (χ4v) is 4.57. The van der Waals surface area contributed by atoms with Crippen molar-refractivity contribution in [2.24, 2.45) is 0 Å². The molecule has 0 amide bonds. The zero-order valence-corrected chi connectivity index (χ0v) is 19.3. The fraction of sp³-hybridized carbons (Fsp3) is 0.500. The molecule has 146 valence electrons. The second-order valence-corrected chi connectivity index (χ2v) is 9.87. The lowest BCUT2D eigenvalue weighted by Crippen LogP contribution is -2.15. The predicted molar refractivity (Wildman–Crippen MR) is 119 cm³/mol. The van der Waals surface area contributed by atoms with Crippen molar-refractivity contribution in [3.05, 3.63) is 68.8 Å². The zero-order valence-electron chi connectivity index (χ0n) is 19.3. The Morgan fingerprint density at radius 2 is 0.889 bits per heavy atom. The van der Waals surface area contributed by atoms with Gasteiger partial charge in [0.15, 0.2) is 0 Å². The first-order chi connectivity index (χ1) is 12.2. The van der Waals surface area contributed by atoms with Gasteiger partial charge in [-0.25, -0.2) is 0 Å². The largest absolute Gasteiger partial charge is 0.192 e. The summed E-state index contributed by atoms with van der Waals surface area (Å²) in [6.45, 7) is 24.2. The molecule has 0 aromatic heterocycles. The molecule has 0 spiro atoms. The number of aryl methyl sites for hydroxylation is 5. The molecule has 0 aliphatic carbocycles. The highest BCUT2D eigenvalue weighted by molar-refractivity contribution is 5.45. The molecular weight excluding hydrogens is 326 g/mol. The van der Waals surface area contributed by atoms with Gasteiger partial charge < -0.3 is 0 Å². The van der Waals surface area contributed by atoms with Gasteiger partial charge in [0, 0.05) is 0 Å². The molecule has 0 bridgehead atoms. The summed E-state index contributed by atoms with van der Waals surface area (Å²) in [5, 5.41) is 8.83. The average molecular weight is 364 g/mol. The minimum absolute atomic E-state index is 0.155. The summed E-state index contributed by atoms with van der Waals surface area (Å²) >= 11 is 0. The second kappa shape index (κ2) is 8.30. The molecule has 0 saturated carbocycles. The second-order valence-electron chi connectivity index (χ2n) is 9.87. The van der Waals surface area contributed by atoms with Crippen LogP contribution in [0.5, 0.6) is 0 Å². The van der Waals surface area contributed by atoms with E-state index in [1.54, 1.807) is 0 Å². The molecule has 1 nitrogen and oxygen atoms in total. The zero-order chi connectivity index (χ0) is 21.2. The number of nitriles is 1. The Kier molecular flexibility index (Phi) is 7.06. The van der Waals surface area contributed by atoms with E-state index in [9.17, 15) is 0 Å². The minimum Gasteiger partial charge on any atom is -0.192 e. The molecule has 2 aromatic rings. The third kappa shape index (κ3) is 5.96. The van der Waals surface area contributed by atoms with Crippen molar-refractivity contribution in [3.8, 4) is 6.07 Å². The number of nitrogens with zero attached hydrogens (tertiary/aromatic N) is 1. The highest BCUT2D eigenvalue weighted by atomic mass is 14.3. The lowest BCUT2D eigenvalue weighted by Gasteiger charge is -2.24. The predicted octanol–water partition coefficient (Wildman–Crippen LogP) is 7.38. The summed E-state index contributed by atoms with van der Waals surface area (Å²) in [6.07, 6.45) is 0. The normalized spacial score (nSPS) is 11.5. The van der Waals surface area contributed by atoms with Crippen LogP contribution in [-0.4, -0.2) is 0 Å². The van der Waals surface area contributed by atoms with Crippen molar-refractivity contribution in [1.82, 2.24) is 0 Å². The third-order valence-electron chi connectivity index (χ3n) is 4.84. The molecule has 1 heteroatoms. The minimum atomic E-state index is 0.155. The van der Waals surface area contributed by atoms with E-state index in [4.69, 9.17) is 5.26 Å². The van der Waals surface area contributed by atoms with E-state index < -0.39 is 0 Å². The highest BCUT2D eigenvalue weighted by Crippen LogP contribution is 2.30. The molecule has 0 saturated heterocycles. The number of benzene rings is 2. The van der Waals surface area contributed by atoms with Crippen molar-refractivity contribution < 1.29 is 0 Å². The van der Waals surface area contributed by atoms with Crippen LogP contribution in [0.4, 0.5) is 0 Å². The van der Waals surface area contributed by atoms with Crippen LogP contribution >= 0.6 is 0 Å². The summed E-state index contributed by atoms with van der Waals surface area (Å²) < 4.78 is 0. The van der Waals surface area contributed by atoms with Crippen molar-refractivity contribution >= 4 is 0 Å². The van der Waals surface area contributed by atoms with E-state index in [1.165, 1.54) is 38.9 Å². The van der Waals surface area contributed by atoms with Gasteiger partial charge in [0.1, 0.15) is 0 Å². The van der Waals surface area contributed by atoms with Crippen LogP contribution in [0.15, 0.2) is 24.3 Å². The standard InChI is InChI=1S/C13H17N.C13H20/c1-9-6-11(8-14)7-10(2)12(9)13(3,4)5;1-9-7-10(2)12(11(3)8-9)13(4,5)6/h6-7H,1-5H3;7-8H,1-6H3. The summed E-state index contributed by atoms with van der Waals surface area (Å²) in [5.41, 5.74) is 10.7. The van der Waals surface area contributed by atoms with E-state index in [2.05, 4.69) is 94.4 Å². The molecule has 0 N–H and O–H groups in total. The SMILES string of the molecule is Cc1cc(C#N)cc(C)c1C(C)(C)C.Cc1cc(C)c(C(C)(C)C)c(C)c1. The fourth-order valence-electron chi connectivity index (χ4n) is 4.57. The molecule has 0 fully saturated rings. The topological polar surface area (TPSA) is 23.8 Å². The maximum Gasteiger partial charge on any atom is 0.0991 e. The van der Waals surface area contributed by atoms with Gasteiger partial charge in [0.05, 0.1) is 11.6 Å². The Balaban J connectivity index is 0.000000271. The molecule has 0 unspecified atom stereocenters. The van der Waals surface area contributed by atoms with Gasteiger partial charge in [0.2, 0.25) is 0 Å². The van der Waals surface area contributed by atoms with E-state index in [0.717, 1.165) is 5.56 Å². The Morgan fingerprint density at radius 1 is 0.593 bits per heavy atom. The number of hydrogen-bond acceptors (Lipinski definition) is 1. The maximum atomic E-state index is 8.83. The lowest BCUT2D eigenvalue weighted by atomic mass is 9.80. The first kappa shape index (κ1) is 23.0. The first-order valence-electron chi connectivity index (χ1n) is 9.78. The molecule has 0 heterocycles. The Morgan fingerprint density at radius 3 is 1.15 bits per heavy atom. The van der Waals surface area contributed by atoms with Gasteiger partial charge in [-0.3, -0.25) is 0 Å². The van der Waals surface area contributed by atoms with Crippen LogP contribution in [0.3, 0.4) is 0 Å². The van der Waals surface area contributed by atoms with Gasteiger partial charge in [0.25, 0.3) is 0 Å². The first-order valence-corrected chi connectivity index (χ1v) is 9.78. The molecule has 0 atom stereocenters. The summed E-state index contributed by atoms with van der Waals surface area (Å²) in [5.74, 6) is 0. The molecule has 0 radical (unpaired) electrons. The molecular formula is C26H37N. The molecule has 0 aliphatic rings. The average Bonchev–Trinajstić information content (AvgIpc) is 2.42. The number of rotatable bonds is 0. The lowest BCUT2D eigenvalue weighted by molar-refractivity contribution is 0.581. The summed E-state index contributed by atoms with van der Waals surface area (Å²) in [6, 6.07) is 10.7. The summed E-state index contributed by atoms with van der Waals surface area (Å²) in [7, 11) is 0. The van der Waals surface area contributed by atoms with Crippen LogP contribution < -0.4 is 0 Å². The van der Waals surface area contributed by atoms with Crippen LogP contribution in [0.1, 0.15) is 86.1 Å². The van der Waals surface area contributed by atoms with E-state index in [0.29, 0.717) is 0 Å². The van der Waals surface area contributed by atoms with Crippen molar-refractivity contribution in [1.29, 1.82) is 5.26 Å². The number of hydrogen-bond donors (Lipinski definition) is 0. The molecule has 2 aromatic carbocycles. The third-order valence-corrected chi connectivity index (χ3v) is 4.84. The summed E-state index contributed by atoms with van der Waals surface area (Å²) in [4.78, 5) is 0. The van der Waals surface area contributed by atoms with Gasteiger partial charge in [-0.05, 0) is 91.0 Å². The maximum absolute atomic E-state index is 8.83. The smallest absolute Gasteiger partial charge is 0.0991 e. The van der Waals surface area contributed by atoms with Crippen molar-refractivity contribution in [2.75, 3.05) is 0 Å². The van der Waals surface area contributed by atoms with E-state index in [1.807, 2.05) is 12.1 Å². The molecule has 27 heavy (non-hydrogen) atoms. The Labute approximate surface area is 167 Å². The van der Waals surface area contributed by atoms with Crippen LogP contribution in [0.2, 0.25) is 0 Å². The molecule has 2 rings (SSSR count). The van der Waals surface area contributed by atoms with Crippen LogP contribution in [0.25, 0.3) is 0 Å². The van der Waals surface area contributed by atoms with Gasteiger partial charge >= 0.3 is 0 Å². The van der Waals surface area contributed by atoms with E-state index in [-0.39, 0.29) is 10.8 Å². The van der Waals surface area contributed by atoms with Gasteiger partial charge in [-0.2, -0.15) is 5.26 Å². The van der Waals surface area contributed by atoms with Gasteiger partial charge in [-0.15, -0.1) is 0 Å². The van der Waals surface area contributed by atoms with Crippen molar-refractivity contribution in [2.45, 2.75) is 87.0 Å². The van der Waals surface area contributed by atoms with E-state index >= 15 is 0 Å².